The SMILES string of the molecule is C=C1c2cccc3cc[n+]4ncc(=O)n(c4c23)C1(CC)CC. The summed E-state index contributed by atoms with van der Waals surface area (Å²) >= 11 is 0. The summed E-state index contributed by atoms with van der Waals surface area (Å²) in [5.41, 5.74) is 2.58. The second-order valence-corrected chi connectivity index (χ2v) is 5.89. The molecule has 0 fully saturated rings. The van der Waals surface area contributed by atoms with E-state index in [2.05, 4.69) is 43.7 Å². The molecule has 3 heterocycles. The van der Waals surface area contributed by atoms with Crippen LogP contribution >= 0.6 is 0 Å². The van der Waals surface area contributed by atoms with Gasteiger partial charge in [-0.3, -0.25) is 0 Å². The van der Waals surface area contributed by atoms with Gasteiger partial charge in [-0.25, -0.2) is 4.79 Å². The molecule has 1 aromatic carbocycles. The van der Waals surface area contributed by atoms with Gasteiger partial charge >= 0.3 is 11.2 Å². The van der Waals surface area contributed by atoms with Crippen LogP contribution in [0.3, 0.4) is 0 Å². The van der Waals surface area contributed by atoms with Crippen molar-refractivity contribution in [3.8, 4) is 0 Å². The topological polar surface area (TPSA) is 39.0 Å². The van der Waals surface area contributed by atoms with Gasteiger partial charge in [-0.1, -0.05) is 43.7 Å². The minimum Gasteiger partial charge on any atom is -0.239 e. The highest BCUT2D eigenvalue weighted by Gasteiger charge is 2.44. The summed E-state index contributed by atoms with van der Waals surface area (Å²) in [5.74, 6) is 0. The van der Waals surface area contributed by atoms with Gasteiger partial charge in [-0.15, -0.1) is 4.52 Å². The molecule has 3 aromatic rings. The van der Waals surface area contributed by atoms with Crippen LogP contribution in [0.15, 0.2) is 48.0 Å². The third-order valence-electron chi connectivity index (χ3n) is 5.14. The molecule has 0 amide bonds. The molecule has 0 aliphatic carbocycles. The van der Waals surface area contributed by atoms with Crippen molar-refractivity contribution in [3.05, 3.63) is 59.2 Å². The number of hydrogen-bond acceptors (Lipinski definition) is 2. The van der Waals surface area contributed by atoms with E-state index in [1.54, 1.807) is 4.52 Å². The van der Waals surface area contributed by atoms with E-state index in [1.807, 2.05) is 16.8 Å². The van der Waals surface area contributed by atoms with E-state index in [4.69, 9.17) is 0 Å². The normalized spacial score (nSPS) is 15.8. The van der Waals surface area contributed by atoms with Crippen LogP contribution in [0.4, 0.5) is 0 Å². The molecule has 4 rings (SSSR count). The molecule has 0 N–H and O–H groups in total. The van der Waals surface area contributed by atoms with Crippen molar-refractivity contribution in [2.45, 2.75) is 32.2 Å². The van der Waals surface area contributed by atoms with Gasteiger partial charge < -0.3 is 0 Å². The first-order chi connectivity index (χ1) is 10.6. The van der Waals surface area contributed by atoms with Crippen molar-refractivity contribution in [1.29, 1.82) is 0 Å². The van der Waals surface area contributed by atoms with E-state index in [9.17, 15) is 4.79 Å². The summed E-state index contributed by atoms with van der Waals surface area (Å²) in [7, 11) is 0. The van der Waals surface area contributed by atoms with E-state index in [0.717, 1.165) is 40.4 Å². The maximum absolute atomic E-state index is 12.7. The van der Waals surface area contributed by atoms with Crippen LogP contribution in [0.25, 0.3) is 22.0 Å². The number of allylic oxidation sites excluding steroid dienone is 1. The molecule has 0 spiro atoms. The zero-order valence-corrected chi connectivity index (χ0v) is 12.8. The van der Waals surface area contributed by atoms with Gasteiger partial charge in [0.15, 0.2) is 6.20 Å². The quantitative estimate of drug-likeness (QED) is 0.538. The Balaban J connectivity index is 2.39. The van der Waals surface area contributed by atoms with Crippen molar-refractivity contribution < 1.29 is 4.52 Å². The third kappa shape index (κ3) is 1.35. The molecule has 0 saturated carbocycles. The van der Waals surface area contributed by atoms with E-state index in [-0.39, 0.29) is 11.1 Å². The smallest absolute Gasteiger partial charge is 0.239 e. The van der Waals surface area contributed by atoms with Crippen LogP contribution in [-0.2, 0) is 5.54 Å². The second kappa shape index (κ2) is 4.26. The Labute approximate surface area is 128 Å². The lowest BCUT2D eigenvalue weighted by molar-refractivity contribution is -0.584. The van der Waals surface area contributed by atoms with Gasteiger partial charge in [0.25, 0.3) is 0 Å². The molecule has 4 heteroatoms. The average molecular weight is 292 g/mol. The monoisotopic (exact) mass is 292 g/mol. The molecule has 0 bridgehead atoms. The van der Waals surface area contributed by atoms with E-state index < -0.39 is 0 Å². The predicted octanol–water partition coefficient (Wildman–Crippen LogP) is 2.68. The van der Waals surface area contributed by atoms with E-state index in [0.29, 0.717) is 0 Å². The molecule has 0 atom stereocenters. The fourth-order valence-electron chi connectivity index (χ4n) is 3.92. The van der Waals surface area contributed by atoms with Crippen molar-refractivity contribution in [2.24, 2.45) is 0 Å². The zero-order valence-electron chi connectivity index (χ0n) is 12.8. The fraction of sp³-hybridized carbons (Fsp3) is 0.278. The van der Waals surface area contributed by atoms with Crippen LogP contribution in [0.1, 0.15) is 32.3 Å². The van der Waals surface area contributed by atoms with Crippen molar-refractivity contribution in [2.75, 3.05) is 0 Å². The first-order valence-electron chi connectivity index (χ1n) is 7.69. The van der Waals surface area contributed by atoms with Gasteiger partial charge in [0.1, 0.15) is 11.7 Å². The number of nitrogens with zero attached hydrogens (tertiary/aromatic N) is 3. The van der Waals surface area contributed by atoms with Crippen LogP contribution < -0.4 is 10.1 Å². The molecule has 1 aliphatic rings. The Morgan fingerprint density at radius 3 is 2.77 bits per heavy atom. The molecule has 0 unspecified atom stereocenters. The van der Waals surface area contributed by atoms with E-state index in [1.165, 1.54) is 6.20 Å². The summed E-state index contributed by atoms with van der Waals surface area (Å²) in [5, 5.41) is 6.46. The predicted molar refractivity (Wildman–Crippen MR) is 86.8 cm³/mol. The van der Waals surface area contributed by atoms with Gasteiger partial charge in [-0.05, 0) is 29.9 Å². The highest BCUT2D eigenvalue weighted by atomic mass is 16.1. The highest BCUT2D eigenvalue weighted by molar-refractivity contribution is 6.03. The molecule has 4 nitrogen and oxygen atoms in total. The van der Waals surface area contributed by atoms with Gasteiger partial charge in [-0.2, -0.15) is 4.57 Å². The minimum absolute atomic E-state index is 0.0631. The molecule has 1 aliphatic heterocycles. The number of pyridine rings is 1. The van der Waals surface area contributed by atoms with Crippen molar-refractivity contribution in [1.82, 2.24) is 9.67 Å². The minimum atomic E-state index is -0.381. The summed E-state index contributed by atoms with van der Waals surface area (Å²) in [6, 6.07) is 8.26. The summed E-state index contributed by atoms with van der Waals surface area (Å²) in [4.78, 5) is 12.7. The first kappa shape index (κ1) is 13.2. The summed E-state index contributed by atoms with van der Waals surface area (Å²) in [6.45, 7) is 8.61. The molecule has 22 heavy (non-hydrogen) atoms. The second-order valence-electron chi connectivity index (χ2n) is 5.89. The largest absolute Gasteiger partial charge is 0.357 e. The molecular formula is C18H18N3O+. The van der Waals surface area contributed by atoms with Crippen molar-refractivity contribution >= 4 is 22.0 Å². The highest BCUT2D eigenvalue weighted by Crippen LogP contribution is 2.44. The molecule has 110 valence electrons. The Morgan fingerprint density at radius 1 is 1.27 bits per heavy atom. The number of hydrogen-bond donors (Lipinski definition) is 0. The van der Waals surface area contributed by atoms with Crippen LogP contribution in [0.5, 0.6) is 0 Å². The lowest BCUT2D eigenvalue weighted by Crippen LogP contribution is -2.48. The Kier molecular flexibility index (Phi) is 2.55. The zero-order chi connectivity index (χ0) is 15.5. The van der Waals surface area contributed by atoms with Crippen LogP contribution in [-0.4, -0.2) is 9.67 Å². The van der Waals surface area contributed by atoms with E-state index >= 15 is 0 Å². The summed E-state index contributed by atoms with van der Waals surface area (Å²) < 4.78 is 3.71. The van der Waals surface area contributed by atoms with Crippen LogP contribution in [0, 0.1) is 0 Å². The number of benzene rings is 1. The Bertz CT molecular complexity index is 996. The molecule has 2 aromatic heterocycles. The Morgan fingerprint density at radius 2 is 2.05 bits per heavy atom. The third-order valence-corrected chi connectivity index (χ3v) is 5.14. The lowest BCUT2D eigenvalue weighted by atomic mass is 9.77. The summed E-state index contributed by atoms with van der Waals surface area (Å²) in [6.07, 6.45) is 4.97. The number of rotatable bonds is 2. The van der Waals surface area contributed by atoms with Crippen LogP contribution in [0.2, 0.25) is 0 Å². The average Bonchev–Trinajstić information content (AvgIpc) is 2.56. The van der Waals surface area contributed by atoms with Gasteiger partial charge in [0.2, 0.25) is 0 Å². The number of aromatic nitrogens is 3. The standard InChI is InChI=1S/C18H18N3O/c1-4-18(5-2)12(3)14-8-6-7-13-9-10-20-17(16(13)14)21(18)15(22)11-19-20/h6-11H,3-5H2,1-2H3/q+1. The Hall–Kier alpha value is -2.49. The maximum atomic E-state index is 12.7. The maximum Gasteiger partial charge on any atom is 0.357 e. The lowest BCUT2D eigenvalue weighted by Gasteiger charge is -2.35. The van der Waals surface area contributed by atoms with Crippen molar-refractivity contribution in [3.63, 3.8) is 0 Å². The molecule has 0 radical (unpaired) electrons. The molecular weight excluding hydrogens is 274 g/mol. The first-order valence-corrected chi connectivity index (χ1v) is 7.69. The molecule has 0 saturated heterocycles. The van der Waals surface area contributed by atoms with Gasteiger partial charge in [0.05, 0.1) is 5.39 Å². The fourth-order valence-corrected chi connectivity index (χ4v) is 3.92. The van der Waals surface area contributed by atoms with Gasteiger partial charge in [0, 0.05) is 5.57 Å².